The van der Waals surface area contributed by atoms with E-state index in [0.717, 1.165) is 6.42 Å². The molecule has 2 nitrogen and oxygen atoms in total. The fourth-order valence-corrected chi connectivity index (χ4v) is 1.98. The van der Waals surface area contributed by atoms with Gasteiger partial charge in [0.05, 0.1) is 5.57 Å². The molecule has 5 heteroatoms. The molecule has 0 amide bonds. The zero-order chi connectivity index (χ0) is 9.80. The van der Waals surface area contributed by atoms with E-state index in [2.05, 4.69) is 0 Å². The van der Waals surface area contributed by atoms with Crippen molar-refractivity contribution in [3.8, 4) is 0 Å². The molecule has 0 heterocycles. The second-order valence-corrected chi connectivity index (χ2v) is 3.66. The van der Waals surface area contributed by atoms with Crippen LogP contribution in [0, 0.1) is 11.8 Å². The summed E-state index contributed by atoms with van der Waals surface area (Å²) in [6.07, 6.45) is -3.04. The van der Waals surface area contributed by atoms with Crippen LogP contribution in [0.25, 0.3) is 0 Å². The van der Waals surface area contributed by atoms with Crippen molar-refractivity contribution in [2.24, 2.45) is 17.6 Å². The van der Waals surface area contributed by atoms with Gasteiger partial charge in [-0.15, -0.1) is 0 Å². The molecule has 0 radical (unpaired) electrons. The number of alkyl halides is 3. The Bertz CT molecular complexity index is 303. The van der Waals surface area contributed by atoms with E-state index in [-0.39, 0.29) is 11.5 Å². The monoisotopic (exact) mass is 191 g/mol. The van der Waals surface area contributed by atoms with Crippen molar-refractivity contribution in [1.82, 2.24) is 0 Å². The first-order valence-electron chi connectivity index (χ1n) is 4.09. The summed E-state index contributed by atoms with van der Waals surface area (Å²) in [6, 6.07) is 0. The number of rotatable bonds is 1. The molecule has 2 rings (SSSR count). The van der Waals surface area contributed by atoms with Gasteiger partial charge in [0, 0.05) is 5.70 Å². The van der Waals surface area contributed by atoms with Crippen LogP contribution in [0.15, 0.2) is 11.3 Å². The molecule has 13 heavy (non-hydrogen) atoms. The highest BCUT2D eigenvalue weighted by molar-refractivity contribution is 6.01. The number of allylic oxidation sites excluding steroid dienone is 2. The molecule has 0 aromatic carbocycles. The molecule has 2 atom stereocenters. The molecule has 1 saturated carbocycles. The van der Waals surface area contributed by atoms with E-state index >= 15 is 0 Å². The minimum Gasteiger partial charge on any atom is -0.402 e. The standard InChI is InChI=1S/C8H9F3N2/c9-8(10,11)7(13)6-4-1-3(4)2-5(6)12/h3-4,13H,1-2,12H2/p+1. The molecule has 0 bridgehead atoms. The number of hydrogen-bond acceptors (Lipinski definition) is 1. The zero-order valence-corrected chi connectivity index (χ0v) is 6.86. The molecule has 0 aromatic heterocycles. The van der Waals surface area contributed by atoms with Gasteiger partial charge in [0.15, 0.2) is 0 Å². The molecule has 72 valence electrons. The van der Waals surface area contributed by atoms with E-state index in [0.29, 0.717) is 18.0 Å². The summed E-state index contributed by atoms with van der Waals surface area (Å²) in [6.45, 7) is 0. The first-order chi connectivity index (χ1) is 5.91. The summed E-state index contributed by atoms with van der Waals surface area (Å²) in [7, 11) is 0. The van der Waals surface area contributed by atoms with Crippen molar-refractivity contribution in [1.29, 1.82) is 0 Å². The Balaban J connectivity index is 2.26. The molecule has 2 aliphatic carbocycles. The quantitative estimate of drug-likeness (QED) is 0.563. The van der Waals surface area contributed by atoms with Gasteiger partial charge in [-0.05, 0) is 24.7 Å². The first-order valence-corrected chi connectivity index (χ1v) is 4.09. The lowest BCUT2D eigenvalue weighted by Gasteiger charge is -2.06. The Morgan fingerprint density at radius 3 is 2.46 bits per heavy atom. The lowest BCUT2D eigenvalue weighted by atomic mass is 10.1. The van der Waals surface area contributed by atoms with Crippen LogP contribution >= 0.6 is 0 Å². The first kappa shape index (κ1) is 8.59. The summed E-state index contributed by atoms with van der Waals surface area (Å²) >= 11 is 0. The van der Waals surface area contributed by atoms with Gasteiger partial charge in [0.25, 0.3) is 5.71 Å². The normalized spacial score (nSPS) is 31.9. The maximum absolute atomic E-state index is 12.2. The van der Waals surface area contributed by atoms with Gasteiger partial charge in [-0.2, -0.15) is 13.2 Å². The predicted octanol–water partition coefficient (Wildman–Crippen LogP) is 0.00140. The molecular formula is C8H10F3N2+. The van der Waals surface area contributed by atoms with Gasteiger partial charge in [0.1, 0.15) is 0 Å². The van der Waals surface area contributed by atoms with E-state index in [4.69, 9.17) is 11.1 Å². The molecule has 1 fully saturated rings. The fraction of sp³-hybridized carbons (Fsp3) is 0.625. The Labute approximate surface area is 73.1 Å². The molecule has 0 spiro atoms. The maximum Gasteiger partial charge on any atom is 0.477 e. The van der Waals surface area contributed by atoms with Crippen LogP contribution in [0.4, 0.5) is 13.2 Å². The lowest BCUT2D eigenvalue weighted by molar-refractivity contribution is -0.166. The maximum atomic E-state index is 12.2. The van der Waals surface area contributed by atoms with E-state index in [1.54, 1.807) is 0 Å². The summed E-state index contributed by atoms with van der Waals surface area (Å²) in [4.78, 5) is 0. The summed E-state index contributed by atoms with van der Waals surface area (Å²) in [5, 5.41) is 5.02. The van der Waals surface area contributed by atoms with Gasteiger partial charge in [-0.1, -0.05) is 0 Å². The van der Waals surface area contributed by atoms with Crippen molar-refractivity contribution >= 4 is 5.71 Å². The zero-order valence-electron chi connectivity index (χ0n) is 6.86. The SMILES string of the molecule is NC1=C(C(=[NH2+])C(F)(F)F)C2CC2C1. The second-order valence-electron chi connectivity index (χ2n) is 3.66. The van der Waals surface area contributed by atoms with Gasteiger partial charge < -0.3 is 5.73 Å². The van der Waals surface area contributed by atoms with Gasteiger partial charge in [-0.3, -0.25) is 0 Å². The third-order valence-electron chi connectivity index (χ3n) is 2.72. The largest absolute Gasteiger partial charge is 0.477 e. The molecule has 0 aliphatic heterocycles. The van der Waals surface area contributed by atoms with E-state index in [1.807, 2.05) is 0 Å². The molecule has 2 unspecified atom stereocenters. The lowest BCUT2D eigenvalue weighted by Crippen LogP contribution is -2.50. The summed E-state index contributed by atoms with van der Waals surface area (Å²) < 4.78 is 36.6. The molecule has 2 aliphatic rings. The average Bonchev–Trinajstić information content (AvgIpc) is 2.61. The van der Waals surface area contributed by atoms with Crippen LogP contribution in [-0.4, -0.2) is 11.9 Å². The van der Waals surface area contributed by atoms with Crippen molar-refractivity contribution in [3.05, 3.63) is 11.3 Å². The van der Waals surface area contributed by atoms with E-state index in [9.17, 15) is 13.2 Å². The van der Waals surface area contributed by atoms with Gasteiger partial charge in [0.2, 0.25) is 0 Å². The van der Waals surface area contributed by atoms with E-state index in [1.165, 1.54) is 0 Å². The Kier molecular flexibility index (Phi) is 1.50. The number of fused-ring (bicyclic) bond motifs is 1. The topological polar surface area (TPSA) is 51.6 Å². The highest BCUT2D eigenvalue weighted by atomic mass is 19.4. The number of hydrogen-bond donors (Lipinski definition) is 2. The summed E-state index contributed by atoms with van der Waals surface area (Å²) in [5.74, 6) is 0.317. The number of halogens is 3. The van der Waals surface area contributed by atoms with Crippen LogP contribution in [0.5, 0.6) is 0 Å². The van der Waals surface area contributed by atoms with Gasteiger partial charge >= 0.3 is 6.18 Å². The highest BCUT2D eigenvalue weighted by Gasteiger charge is 2.55. The number of nitrogens with two attached hydrogens (primary N) is 2. The van der Waals surface area contributed by atoms with Gasteiger partial charge in [-0.25, -0.2) is 5.41 Å². The minimum absolute atomic E-state index is 0.0124. The predicted molar refractivity (Wildman–Crippen MR) is 40.4 cm³/mol. The van der Waals surface area contributed by atoms with Crippen molar-refractivity contribution in [3.63, 3.8) is 0 Å². The third-order valence-corrected chi connectivity index (χ3v) is 2.72. The Hall–Kier alpha value is -1.00. The van der Waals surface area contributed by atoms with Crippen LogP contribution in [-0.2, 0) is 0 Å². The second kappa shape index (κ2) is 2.27. The average molecular weight is 191 g/mol. The van der Waals surface area contributed by atoms with Crippen LogP contribution in [0.2, 0.25) is 0 Å². The minimum atomic E-state index is -4.43. The summed E-state index contributed by atoms with van der Waals surface area (Å²) in [5.41, 5.74) is 4.98. The Morgan fingerprint density at radius 2 is 2.08 bits per heavy atom. The molecule has 0 aromatic rings. The van der Waals surface area contributed by atoms with Crippen LogP contribution in [0.3, 0.4) is 0 Å². The molecule has 0 saturated heterocycles. The third kappa shape index (κ3) is 1.22. The fourth-order valence-electron chi connectivity index (χ4n) is 1.98. The van der Waals surface area contributed by atoms with Crippen molar-refractivity contribution < 1.29 is 18.6 Å². The van der Waals surface area contributed by atoms with Crippen molar-refractivity contribution in [2.45, 2.75) is 19.0 Å². The molecule has 4 N–H and O–H groups in total. The van der Waals surface area contributed by atoms with Crippen LogP contribution in [0.1, 0.15) is 12.8 Å². The van der Waals surface area contributed by atoms with Crippen molar-refractivity contribution in [2.75, 3.05) is 0 Å². The Morgan fingerprint density at radius 1 is 1.46 bits per heavy atom. The van der Waals surface area contributed by atoms with Crippen LogP contribution < -0.4 is 11.1 Å². The smallest absolute Gasteiger partial charge is 0.402 e. The highest BCUT2D eigenvalue weighted by Crippen LogP contribution is 2.54. The molecular weight excluding hydrogens is 181 g/mol. The van der Waals surface area contributed by atoms with E-state index < -0.39 is 11.9 Å².